The van der Waals surface area contributed by atoms with Crippen LogP contribution in [0.2, 0.25) is 0 Å². The maximum absolute atomic E-state index is 11.7. The molecule has 0 spiro atoms. The summed E-state index contributed by atoms with van der Waals surface area (Å²) in [6.07, 6.45) is 1.70. The first-order valence-electron chi connectivity index (χ1n) is 7.75. The number of sulfone groups is 1. The van der Waals surface area contributed by atoms with Crippen molar-refractivity contribution >= 4 is 25.8 Å². The SMILES string of the molecule is CN=C(NCc1ccc(S(=O)(=O)NC)cc1)NC(C)CCS(C)(=O)=O. The van der Waals surface area contributed by atoms with Gasteiger partial charge in [0.15, 0.2) is 5.96 Å². The predicted molar refractivity (Wildman–Crippen MR) is 99.8 cm³/mol. The Morgan fingerprint density at radius 2 is 1.76 bits per heavy atom. The molecule has 1 aromatic carbocycles. The van der Waals surface area contributed by atoms with Crippen LogP contribution in [-0.2, 0) is 26.4 Å². The standard InChI is InChI=1S/C15H26N4O4S2/c1-12(9-10-24(4,20)21)19-15(16-2)18-11-13-5-7-14(8-6-13)25(22,23)17-3/h5-8,12,17H,9-11H2,1-4H3,(H2,16,18,19). The van der Waals surface area contributed by atoms with E-state index in [0.29, 0.717) is 18.9 Å². The Kier molecular flexibility index (Phi) is 7.84. The minimum atomic E-state index is -3.44. The van der Waals surface area contributed by atoms with Crippen LogP contribution >= 0.6 is 0 Å². The van der Waals surface area contributed by atoms with Crippen LogP contribution in [0.1, 0.15) is 18.9 Å². The molecule has 8 nitrogen and oxygen atoms in total. The molecule has 0 aliphatic heterocycles. The molecule has 0 saturated carbocycles. The Hall–Kier alpha value is -1.65. The summed E-state index contributed by atoms with van der Waals surface area (Å²) in [5.41, 5.74) is 0.891. The lowest BCUT2D eigenvalue weighted by atomic mass is 10.2. The first kappa shape index (κ1) is 21.4. The topological polar surface area (TPSA) is 117 Å². The van der Waals surface area contributed by atoms with Crippen LogP contribution in [0, 0.1) is 0 Å². The third-order valence-electron chi connectivity index (χ3n) is 3.49. The van der Waals surface area contributed by atoms with Gasteiger partial charge in [0.2, 0.25) is 10.0 Å². The summed E-state index contributed by atoms with van der Waals surface area (Å²) < 4.78 is 48.0. The van der Waals surface area contributed by atoms with Gasteiger partial charge in [0.25, 0.3) is 0 Å². The molecule has 0 aromatic heterocycles. The molecule has 0 amide bonds. The summed E-state index contributed by atoms with van der Waals surface area (Å²) >= 11 is 0. The molecular formula is C15H26N4O4S2. The molecule has 3 N–H and O–H groups in total. The third kappa shape index (κ3) is 7.84. The van der Waals surface area contributed by atoms with Gasteiger partial charge in [0.05, 0.1) is 10.6 Å². The zero-order valence-electron chi connectivity index (χ0n) is 14.9. The lowest BCUT2D eigenvalue weighted by Crippen LogP contribution is -2.42. The maximum Gasteiger partial charge on any atom is 0.240 e. The first-order chi connectivity index (χ1) is 11.6. The van der Waals surface area contributed by atoms with Crippen molar-refractivity contribution < 1.29 is 16.8 Å². The summed E-state index contributed by atoms with van der Waals surface area (Å²) in [5.74, 6) is 0.660. The van der Waals surface area contributed by atoms with Crippen molar-refractivity contribution in [3.8, 4) is 0 Å². The number of sulfonamides is 1. The number of nitrogens with zero attached hydrogens (tertiary/aromatic N) is 1. The van der Waals surface area contributed by atoms with Crippen molar-refractivity contribution in [2.75, 3.05) is 26.1 Å². The van der Waals surface area contributed by atoms with Gasteiger partial charge >= 0.3 is 0 Å². The number of guanidine groups is 1. The summed E-state index contributed by atoms with van der Waals surface area (Å²) in [4.78, 5) is 4.30. The van der Waals surface area contributed by atoms with Crippen LogP contribution in [0.4, 0.5) is 0 Å². The van der Waals surface area contributed by atoms with Crippen molar-refractivity contribution in [2.24, 2.45) is 4.99 Å². The Morgan fingerprint density at radius 1 is 1.16 bits per heavy atom. The van der Waals surface area contributed by atoms with Crippen molar-refractivity contribution in [1.82, 2.24) is 15.4 Å². The van der Waals surface area contributed by atoms with E-state index in [-0.39, 0.29) is 16.7 Å². The summed E-state index contributed by atoms with van der Waals surface area (Å²) in [6, 6.07) is 6.46. The average molecular weight is 391 g/mol. The number of benzene rings is 1. The van der Waals surface area contributed by atoms with E-state index >= 15 is 0 Å². The number of nitrogens with one attached hydrogen (secondary N) is 3. The van der Waals surface area contributed by atoms with Crippen LogP contribution in [0.25, 0.3) is 0 Å². The fraction of sp³-hybridized carbons (Fsp3) is 0.533. The fourth-order valence-electron chi connectivity index (χ4n) is 1.98. The molecule has 25 heavy (non-hydrogen) atoms. The number of aliphatic imine (C=N–C) groups is 1. The van der Waals surface area contributed by atoms with Gasteiger partial charge in [-0.2, -0.15) is 0 Å². The van der Waals surface area contributed by atoms with Gasteiger partial charge in [-0.1, -0.05) is 12.1 Å². The van der Waals surface area contributed by atoms with Crippen LogP contribution < -0.4 is 15.4 Å². The van der Waals surface area contributed by atoms with Gasteiger partial charge < -0.3 is 10.6 Å². The minimum absolute atomic E-state index is 0.0518. The highest BCUT2D eigenvalue weighted by Gasteiger charge is 2.11. The molecule has 0 heterocycles. The lowest BCUT2D eigenvalue weighted by molar-refractivity contribution is 0.581. The van der Waals surface area contributed by atoms with E-state index in [0.717, 1.165) is 5.56 Å². The second kappa shape index (κ2) is 9.16. The van der Waals surface area contributed by atoms with Gasteiger partial charge in [0, 0.05) is 25.9 Å². The highest BCUT2D eigenvalue weighted by atomic mass is 32.2. The summed E-state index contributed by atoms with van der Waals surface area (Å²) in [6.45, 7) is 2.34. The van der Waals surface area contributed by atoms with Gasteiger partial charge in [-0.15, -0.1) is 0 Å². The smallest absolute Gasteiger partial charge is 0.240 e. The summed E-state index contributed by atoms with van der Waals surface area (Å²) in [5, 5.41) is 6.23. The first-order valence-corrected chi connectivity index (χ1v) is 11.3. The van der Waals surface area contributed by atoms with Gasteiger partial charge in [-0.05, 0) is 38.1 Å². The second-order valence-corrected chi connectivity index (χ2v) is 9.89. The zero-order valence-corrected chi connectivity index (χ0v) is 16.5. The molecule has 0 bridgehead atoms. The normalized spacial score (nSPS) is 14.2. The van der Waals surface area contributed by atoms with Crippen molar-refractivity contribution in [1.29, 1.82) is 0 Å². The molecule has 1 aromatic rings. The Balaban J connectivity index is 2.57. The van der Waals surface area contributed by atoms with Crippen molar-refractivity contribution in [3.05, 3.63) is 29.8 Å². The monoisotopic (exact) mass is 390 g/mol. The van der Waals surface area contributed by atoms with Crippen LogP contribution in [-0.4, -0.2) is 54.9 Å². The van der Waals surface area contributed by atoms with Gasteiger partial charge in [-0.25, -0.2) is 21.6 Å². The van der Waals surface area contributed by atoms with Gasteiger partial charge in [0.1, 0.15) is 9.84 Å². The molecule has 0 saturated heterocycles. The quantitative estimate of drug-likeness (QED) is 0.428. The molecule has 0 aliphatic carbocycles. The number of hydrogen-bond donors (Lipinski definition) is 3. The van der Waals surface area contributed by atoms with E-state index in [1.165, 1.54) is 25.4 Å². The fourth-order valence-corrected chi connectivity index (χ4v) is 3.49. The molecule has 1 atom stereocenters. The zero-order chi connectivity index (χ0) is 19.1. The molecule has 142 valence electrons. The molecule has 10 heteroatoms. The molecule has 0 fully saturated rings. The van der Waals surface area contributed by atoms with E-state index in [1.54, 1.807) is 19.2 Å². The highest BCUT2D eigenvalue weighted by Crippen LogP contribution is 2.09. The molecule has 1 rings (SSSR count). The van der Waals surface area contributed by atoms with E-state index in [1.807, 2.05) is 6.92 Å². The summed E-state index contributed by atoms with van der Waals surface area (Å²) in [7, 11) is -3.44. The van der Waals surface area contributed by atoms with Crippen LogP contribution in [0.5, 0.6) is 0 Å². The third-order valence-corrected chi connectivity index (χ3v) is 5.90. The van der Waals surface area contributed by atoms with Crippen LogP contribution in [0.15, 0.2) is 34.2 Å². The molecular weight excluding hydrogens is 364 g/mol. The van der Waals surface area contributed by atoms with E-state index in [9.17, 15) is 16.8 Å². The number of hydrogen-bond acceptors (Lipinski definition) is 5. The Labute approximate surface area is 150 Å². The largest absolute Gasteiger partial charge is 0.354 e. The second-order valence-electron chi connectivity index (χ2n) is 5.74. The minimum Gasteiger partial charge on any atom is -0.354 e. The Bertz CT molecular complexity index is 787. The average Bonchev–Trinajstić information content (AvgIpc) is 2.56. The Morgan fingerprint density at radius 3 is 2.24 bits per heavy atom. The van der Waals surface area contributed by atoms with Gasteiger partial charge in [-0.3, -0.25) is 4.99 Å². The highest BCUT2D eigenvalue weighted by molar-refractivity contribution is 7.90. The number of rotatable bonds is 8. The molecule has 0 radical (unpaired) electrons. The van der Waals surface area contributed by atoms with Crippen LogP contribution in [0.3, 0.4) is 0 Å². The van der Waals surface area contributed by atoms with Crippen molar-refractivity contribution in [2.45, 2.75) is 30.8 Å². The lowest BCUT2D eigenvalue weighted by Gasteiger charge is -2.17. The van der Waals surface area contributed by atoms with E-state index < -0.39 is 19.9 Å². The molecule has 0 aliphatic rings. The van der Waals surface area contributed by atoms with Crippen molar-refractivity contribution in [3.63, 3.8) is 0 Å². The molecule has 1 unspecified atom stereocenters. The maximum atomic E-state index is 11.7. The predicted octanol–water partition coefficient (Wildman–Crippen LogP) is 0.0829. The van der Waals surface area contributed by atoms with E-state index in [2.05, 4.69) is 20.3 Å². The van der Waals surface area contributed by atoms with E-state index in [4.69, 9.17) is 0 Å².